The Hall–Kier alpha value is -1.51. The molecule has 90 valence electrons. The minimum absolute atomic E-state index is 0.0582. The molecule has 1 fully saturated rings. The minimum atomic E-state index is -0.0582. The molecule has 17 heavy (non-hydrogen) atoms. The quantitative estimate of drug-likeness (QED) is 0.754. The van der Waals surface area contributed by atoms with Gasteiger partial charge in [-0.25, -0.2) is 0 Å². The standard InChI is InChI=1S/C14H17NO2/c16-14-9-11(5-7-17-14)10-3-4-13-12(8-10)2-1-6-15-13/h3-4,8,11,15H,1-2,5-7,9H2. The van der Waals surface area contributed by atoms with Gasteiger partial charge in [-0.05, 0) is 42.4 Å². The summed E-state index contributed by atoms with van der Waals surface area (Å²) in [5.41, 5.74) is 3.95. The molecule has 0 saturated carbocycles. The van der Waals surface area contributed by atoms with E-state index in [0.717, 1.165) is 19.4 Å². The van der Waals surface area contributed by atoms with Crippen LogP contribution in [0.15, 0.2) is 18.2 Å². The van der Waals surface area contributed by atoms with E-state index in [2.05, 4.69) is 23.5 Å². The van der Waals surface area contributed by atoms with Gasteiger partial charge in [-0.2, -0.15) is 0 Å². The van der Waals surface area contributed by atoms with Gasteiger partial charge in [-0.1, -0.05) is 12.1 Å². The average Bonchev–Trinajstić information content (AvgIpc) is 2.38. The molecule has 3 nitrogen and oxygen atoms in total. The molecule has 3 rings (SSSR count). The van der Waals surface area contributed by atoms with Crippen molar-refractivity contribution >= 4 is 11.7 Å². The Kier molecular flexibility index (Phi) is 2.75. The van der Waals surface area contributed by atoms with Crippen LogP contribution in [0.4, 0.5) is 5.69 Å². The molecule has 0 aliphatic carbocycles. The molecule has 0 bridgehead atoms. The number of hydrogen-bond acceptors (Lipinski definition) is 3. The van der Waals surface area contributed by atoms with Gasteiger partial charge in [0.1, 0.15) is 0 Å². The molecule has 0 amide bonds. The van der Waals surface area contributed by atoms with Crippen LogP contribution >= 0.6 is 0 Å². The molecule has 1 unspecified atom stereocenters. The minimum Gasteiger partial charge on any atom is -0.466 e. The summed E-state index contributed by atoms with van der Waals surface area (Å²) in [6, 6.07) is 6.58. The molecule has 2 aliphatic heterocycles. The summed E-state index contributed by atoms with van der Waals surface area (Å²) in [4.78, 5) is 11.3. The maximum Gasteiger partial charge on any atom is 0.306 e. The summed E-state index contributed by atoms with van der Waals surface area (Å²) >= 11 is 0. The van der Waals surface area contributed by atoms with Crippen LogP contribution in [-0.4, -0.2) is 19.1 Å². The molecule has 3 heteroatoms. The molecule has 2 heterocycles. The zero-order chi connectivity index (χ0) is 11.7. The summed E-state index contributed by atoms with van der Waals surface area (Å²) in [6.45, 7) is 1.64. The van der Waals surface area contributed by atoms with Crippen LogP contribution in [0.5, 0.6) is 0 Å². The summed E-state index contributed by atoms with van der Waals surface area (Å²) in [5, 5.41) is 3.41. The van der Waals surface area contributed by atoms with Gasteiger partial charge in [0.05, 0.1) is 13.0 Å². The van der Waals surface area contributed by atoms with E-state index in [1.807, 2.05) is 0 Å². The lowest BCUT2D eigenvalue weighted by atomic mass is 9.88. The zero-order valence-electron chi connectivity index (χ0n) is 9.87. The van der Waals surface area contributed by atoms with E-state index in [9.17, 15) is 4.79 Å². The molecule has 1 saturated heterocycles. The fourth-order valence-electron chi connectivity index (χ4n) is 2.71. The number of hydrogen-bond donors (Lipinski definition) is 1. The van der Waals surface area contributed by atoms with Crippen LogP contribution in [0.1, 0.15) is 36.3 Å². The highest BCUT2D eigenvalue weighted by Crippen LogP contribution is 2.31. The van der Waals surface area contributed by atoms with Crippen LogP contribution in [-0.2, 0) is 16.0 Å². The van der Waals surface area contributed by atoms with E-state index in [0.29, 0.717) is 18.9 Å². The Morgan fingerprint density at radius 1 is 1.35 bits per heavy atom. The van der Waals surface area contributed by atoms with E-state index in [-0.39, 0.29) is 5.97 Å². The van der Waals surface area contributed by atoms with Crippen molar-refractivity contribution in [1.29, 1.82) is 0 Å². The number of fused-ring (bicyclic) bond motifs is 1. The summed E-state index contributed by atoms with van der Waals surface area (Å²) in [6.07, 6.45) is 3.83. The average molecular weight is 231 g/mol. The number of anilines is 1. The van der Waals surface area contributed by atoms with Crippen LogP contribution < -0.4 is 5.32 Å². The zero-order valence-corrected chi connectivity index (χ0v) is 9.87. The summed E-state index contributed by atoms with van der Waals surface area (Å²) in [5.74, 6) is 0.292. The van der Waals surface area contributed by atoms with Crippen molar-refractivity contribution in [2.24, 2.45) is 0 Å². The highest BCUT2D eigenvalue weighted by molar-refractivity contribution is 5.71. The first-order valence-corrected chi connectivity index (χ1v) is 6.35. The molecule has 1 atom stereocenters. The van der Waals surface area contributed by atoms with Gasteiger partial charge in [0.25, 0.3) is 0 Å². The van der Waals surface area contributed by atoms with Crippen molar-refractivity contribution in [2.45, 2.75) is 31.6 Å². The van der Waals surface area contributed by atoms with Crippen molar-refractivity contribution in [2.75, 3.05) is 18.5 Å². The van der Waals surface area contributed by atoms with Crippen LogP contribution in [0.3, 0.4) is 0 Å². The number of ether oxygens (including phenoxy) is 1. The van der Waals surface area contributed by atoms with Crippen molar-refractivity contribution in [1.82, 2.24) is 0 Å². The normalized spacial score (nSPS) is 23.5. The van der Waals surface area contributed by atoms with Crippen LogP contribution in [0.2, 0.25) is 0 Å². The lowest BCUT2D eigenvalue weighted by Gasteiger charge is -2.24. The monoisotopic (exact) mass is 231 g/mol. The maximum atomic E-state index is 11.3. The third-order valence-corrected chi connectivity index (χ3v) is 3.68. The Bertz CT molecular complexity index is 442. The highest BCUT2D eigenvalue weighted by Gasteiger charge is 2.23. The van der Waals surface area contributed by atoms with Crippen molar-refractivity contribution in [3.63, 3.8) is 0 Å². The number of aryl methyl sites for hydroxylation is 1. The number of cyclic esters (lactones) is 1. The van der Waals surface area contributed by atoms with Gasteiger partial charge in [0, 0.05) is 12.2 Å². The largest absolute Gasteiger partial charge is 0.466 e. The van der Waals surface area contributed by atoms with Gasteiger partial charge in [0.2, 0.25) is 0 Å². The van der Waals surface area contributed by atoms with Gasteiger partial charge >= 0.3 is 5.97 Å². The Balaban J connectivity index is 1.85. The molecule has 1 aromatic rings. The van der Waals surface area contributed by atoms with Crippen LogP contribution in [0, 0.1) is 0 Å². The number of rotatable bonds is 1. The summed E-state index contributed by atoms with van der Waals surface area (Å²) < 4.78 is 4.99. The van der Waals surface area contributed by atoms with Crippen molar-refractivity contribution < 1.29 is 9.53 Å². The second kappa shape index (κ2) is 4.40. The molecule has 0 spiro atoms. The first-order chi connectivity index (χ1) is 8.33. The first-order valence-electron chi connectivity index (χ1n) is 6.35. The number of benzene rings is 1. The number of nitrogens with one attached hydrogen (secondary N) is 1. The molecule has 0 radical (unpaired) electrons. The lowest BCUT2D eigenvalue weighted by Crippen LogP contribution is -2.20. The molecular weight excluding hydrogens is 214 g/mol. The van der Waals surface area contributed by atoms with Gasteiger partial charge < -0.3 is 10.1 Å². The fraction of sp³-hybridized carbons (Fsp3) is 0.500. The first kappa shape index (κ1) is 10.6. The smallest absolute Gasteiger partial charge is 0.306 e. The highest BCUT2D eigenvalue weighted by atomic mass is 16.5. The van der Waals surface area contributed by atoms with E-state index in [1.165, 1.54) is 23.2 Å². The second-order valence-corrected chi connectivity index (χ2v) is 4.86. The molecular formula is C14H17NO2. The van der Waals surface area contributed by atoms with E-state index >= 15 is 0 Å². The lowest BCUT2D eigenvalue weighted by molar-refractivity contribution is -0.147. The third kappa shape index (κ3) is 2.14. The molecule has 2 aliphatic rings. The number of carbonyl (C=O) groups is 1. The fourth-order valence-corrected chi connectivity index (χ4v) is 2.71. The molecule has 1 N–H and O–H groups in total. The van der Waals surface area contributed by atoms with Crippen LogP contribution in [0.25, 0.3) is 0 Å². The van der Waals surface area contributed by atoms with E-state index in [1.54, 1.807) is 0 Å². The Morgan fingerprint density at radius 2 is 2.29 bits per heavy atom. The number of carbonyl (C=O) groups excluding carboxylic acids is 1. The van der Waals surface area contributed by atoms with Gasteiger partial charge in [-0.15, -0.1) is 0 Å². The Labute approximate surface area is 101 Å². The van der Waals surface area contributed by atoms with E-state index in [4.69, 9.17) is 4.74 Å². The predicted molar refractivity (Wildman–Crippen MR) is 66.2 cm³/mol. The maximum absolute atomic E-state index is 11.3. The second-order valence-electron chi connectivity index (χ2n) is 4.86. The van der Waals surface area contributed by atoms with Gasteiger partial charge in [0.15, 0.2) is 0 Å². The third-order valence-electron chi connectivity index (χ3n) is 3.68. The molecule has 0 aromatic heterocycles. The Morgan fingerprint density at radius 3 is 3.18 bits per heavy atom. The predicted octanol–water partition coefficient (Wildman–Crippen LogP) is 2.47. The SMILES string of the molecule is O=C1CC(c2ccc3c(c2)CCCN3)CCO1. The number of esters is 1. The summed E-state index contributed by atoms with van der Waals surface area (Å²) in [7, 11) is 0. The molecule has 1 aromatic carbocycles. The van der Waals surface area contributed by atoms with Crippen molar-refractivity contribution in [3.05, 3.63) is 29.3 Å². The van der Waals surface area contributed by atoms with Gasteiger partial charge in [-0.3, -0.25) is 4.79 Å². The van der Waals surface area contributed by atoms with Crippen molar-refractivity contribution in [3.8, 4) is 0 Å². The van der Waals surface area contributed by atoms with E-state index < -0.39 is 0 Å². The topological polar surface area (TPSA) is 38.3 Å².